The van der Waals surface area contributed by atoms with Gasteiger partial charge in [-0.25, -0.2) is 9.67 Å². The van der Waals surface area contributed by atoms with E-state index in [1.165, 1.54) is 12.8 Å². The van der Waals surface area contributed by atoms with E-state index in [4.69, 9.17) is 5.73 Å². The molecule has 0 aliphatic carbocycles. The van der Waals surface area contributed by atoms with Crippen molar-refractivity contribution in [2.24, 2.45) is 5.73 Å². The van der Waals surface area contributed by atoms with Crippen molar-refractivity contribution in [3.63, 3.8) is 0 Å². The molecule has 2 N–H and O–H groups in total. The Kier molecular flexibility index (Phi) is 3.05. The van der Waals surface area contributed by atoms with Crippen LogP contribution in [0.1, 0.15) is 56.7 Å². The van der Waals surface area contributed by atoms with E-state index >= 15 is 0 Å². The van der Waals surface area contributed by atoms with Gasteiger partial charge in [-0.2, -0.15) is 5.10 Å². The molecular weight excluding hydrogens is 188 g/mol. The Bertz CT molecular complexity index is 329. The molecule has 1 unspecified atom stereocenters. The first-order valence-corrected chi connectivity index (χ1v) is 5.87. The fourth-order valence-electron chi connectivity index (χ4n) is 2.16. The van der Waals surface area contributed by atoms with Crippen LogP contribution in [0.5, 0.6) is 0 Å². The van der Waals surface area contributed by atoms with Gasteiger partial charge in [0.15, 0.2) is 5.82 Å². The first-order valence-electron chi connectivity index (χ1n) is 5.87. The van der Waals surface area contributed by atoms with Crippen molar-refractivity contribution in [3.8, 4) is 0 Å². The SMILES string of the molecule is CC(C)c1nc2n(n1)C(CCN)CCC2. The van der Waals surface area contributed by atoms with Crippen LogP contribution in [-0.2, 0) is 6.42 Å². The molecule has 0 saturated heterocycles. The normalized spacial score (nSPS) is 20.7. The maximum absolute atomic E-state index is 5.62. The zero-order valence-electron chi connectivity index (χ0n) is 9.61. The van der Waals surface area contributed by atoms with Crippen LogP contribution in [0.3, 0.4) is 0 Å². The smallest absolute Gasteiger partial charge is 0.153 e. The second-order valence-electron chi connectivity index (χ2n) is 4.61. The number of nitrogens with zero attached hydrogens (tertiary/aromatic N) is 3. The number of aryl methyl sites for hydroxylation is 1. The maximum atomic E-state index is 5.62. The summed E-state index contributed by atoms with van der Waals surface area (Å²) in [7, 11) is 0. The molecule has 4 nitrogen and oxygen atoms in total. The second-order valence-corrected chi connectivity index (χ2v) is 4.61. The average Bonchev–Trinajstić information content (AvgIpc) is 2.63. The van der Waals surface area contributed by atoms with Gasteiger partial charge < -0.3 is 5.73 Å². The lowest BCUT2D eigenvalue weighted by molar-refractivity contribution is 0.345. The van der Waals surface area contributed by atoms with E-state index in [-0.39, 0.29) is 0 Å². The van der Waals surface area contributed by atoms with Gasteiger partial charge in [-0.1, -0.05) is 13.8 Å². The minimum atomic E-state index is 0.418. The molecule has 0 amide bonds. The van der Waals surface area contributed by atoms with E-state index in [2.05, 4.69) is 28.6 Å². The third-order valence-electron chi connectivity index (χ3n) is 3.02. The summed E-state index contributed by atoms with van der Waals surface area (Å²) in [5.74, 6) is 2.55. The van der Waals surface area contributed by atoms with Crippen LogP contribution in [0, 0.1) is 0 Å². The molecule has 1 aliphatic heterocycles. The van der Waals surface area contributed by atoms with E-state index in [0.29, 0.717) is 12.0 Å². The fraction of sp³-hybridized carbons (Fsp3) is 0.818. The van der Waals surface area contributed by atoms with Crippen molar-refractivity contribution in [3.05, 3.63) is 11.6 Å². The molecule has 0 aromatic carbocycles. The van der Waals surface area contributed by atoms with Crippen LogP contribution in [0.4, 0.5) is 0 Å². The summed E-state index contributed by atoms with van der Waals surface area (Å²) >= 11 is 0. The highest BCUT2D eigenvalue weighted by atomic mass is 15.4. The van der Waals surface area contributed by atoms with Crippen LogP contribution in [0.25, 0.3) is 0 Å². The zero-order chi connectivity index (χ0) is 10.8. The Hall–Kier alpha value is -0.900. The van der Waals surface area contributed by atoms with Gasteiger partial charge in [-0.05, 0) is 25.8 Å². The Morgan fingerprint density at radius 1 is 1.53 bits per heavy atom. The third kappa shape index (κ3) is 2.04. The molecule has 2 rings (SSSR count). The van der Waals surface area contributed by atoms with Crippen LogP contribution in [0.2, 0.25) is 0 Å². The summed E-state index contributed by atoms with van der Waals surface area (Å²) in [4.78, 5) is 4.59. The van der Waals surface area contributed by atoms with Crippen molar-refractivity contribution < 1.29 is 0 Å². The first-order chi connectivity index (χ1) is 7.22. The summed E-state index contributed by atoms with van der Waals surface area (Å²) in [5.41, 5.74) is 5.62. The van der Waals surface area contributed by atoms with Gasteiger partial charge >= 0.3 is 0 Å². The number of rotatable bonds is 3. The summed E-state index contributed by atoms with van der Waals surface area (Å²) in [6, 6.07) is 0.485. The molecule has 15 heavy (non-hydrogen) atoms. The molecule has 0 spiro atoms. The van der Waals surface area contributed by atoms with Crippen molar-refractivity contribution in [1.29, 1.82) is 0 Å². The van der Waals surface area contributed by atoms with E-state index in [9.17, 15) is 0 Å². The summed E-state index contributed by atoms with van der Waals surface area (Å²) in [5, 5.41) is 4.60. The molecule has 1 aromatic heterocycles. The molecule has 4 heteroatoms. The van der Waals surface area contributed by atoms with E-state index in [1.54, 1.807) is 0 Å². The molecule has 0 fully saturated rings. The number of aromatic nitrogens is 3. The number of hydrogen-bond donors (Lipinski definition) is 1. The number of fused-ring (bicyclic) bond motifs is 1. The Morgan fingerprint density at radius 3 is 3.00 bits per heavy atom. The van der Waals surface area contributed by atoms with Gasteiger partial charge in [0, 0.05) is 12.3 Å². The highest BCUT2D eigenvalue weighted by molar-refractivity contribution is 5.01. The number of hydrogen-bond acceptors (Lipinski definition) is 3. The molecular formula is C11H20N4. The molecule has 1 aromatic rings. The average molecular weight is 208 g/mol. The predicted octanol–water partition coefficient (Wildman–Crippen LogP) is 1.63. The number of nitrogens with two attached hydrogens (primary N) is 1. The van der Waals surface area contributed by atoms with Crippen molar-refractivity contribution in [2.45, 2.75) is 51.5 Å². The zero-order valence-corrected chi connectivity index (χ0v) is 9.61. The van der Waals surface area contributed by atoms with Crippen LogP contribution >= 0.6 is 0 Å². The summed E-state index contributed by atoms with van der Waals surface area (Å²) in [6.07, 6.45) is 4.51. The van der Waals surface area contributed by atoms with Crippen LogP contribution in [-0.4, -0.2) is 21.3 Å². The minimum Gasteiger partial charge on any atom is -0.330 e. The van der Waals surface area contributed by atoms with Crippen molar-refractivity contribution in [2.75, 3.05) is 6.54 Å². The summed E-state index contributed by atoms with van der Waals surface area (Å²) in [6.45, 7) is 5.01. The van der Waals surface area contributed by atoms with Crippen molar-refractivity contribution in [1.82, 2.24) is 14.8 Å². The highest BCUT2D eigenvalue weighted by Gasteiger charge is 2.23. The topological polar surface area (TPSA) is 56.7 Å². The van der Waals surface area contributed by atoms with Crippen LogP contribution in [0.15, 0.2) is 0 Å². The van der Waals surface area contributed by atoms with E-state index < -0.39 is 0 Å². The molecule has 0 saturated carbocycles. The van der Waals surface area contributed by atoms with Gasteiger partial charge in [0.2, 0.25) is 0 Å². The molecule has 1 atom stereocenters. The van der Waals surface area contributed by atoms with Gasteiger partial charge in [-0.15, -0.1) is 0 Å². The Morgan fingerprint density at radius 2 is 2.33 bits per heavy atom. The minimum absolute atomic E-state index is 0.418. The molecule has 2 heterocycles. The van der Waals surface area contributed by atoms with Crippen LogP contribution < -0.4 is 5.73 Å². The molecule has 1 aliphatic rings. The van der Waals surface area contributed by atoms with Gasteiger partial charge in [-0.3, -0.25) is 0 Å². The monoisotopic (exact) mass is 208 g/mol. The Labute approximate surface area is 90.9 Å². The fourth-order valence-corrected chi connectivity index (χ4v) is 2.16. The lowest BCUT2D eigenvalue weighted by atomic mass is 10.0. The third-order valence-corrected chi connectivity index (χ3v) is 3.02. The van der Waals surface area contributed by atoms with Gasteiger partial charge in [0.1, 0.15) is 5.82 Å². The maximum Gasteiger partial charge on any atom is 0.153 e. The standard InChI is InChI=1S/C11H20N4/c1-8(2)11-13-10-5-3-4-9(6-7-12)15(10)14-11/h8-9H,3-7,12H2,1-2H3. The lowest BCUT2D eigenvalue weighted by Crippen LogP contribution is -2.21. The van der Waals surface area contributed by atoms with E-state index in [0.717, 1.165) is 31.0 Å². The summed E-state index contributed by atoms with van der Waals surface area (Å²) < 4.78 is 2.12. The first kappa shape index (κ1) is 10.6. The molecule has 0 radical (unpaired) electrons. The quantitative estimate of drug-likeness (QED) is 0.821. The van der Waals surface area contributed by atoms with Gasteiger partial charge in [0.25, 0.3) is 0 Å². The lowest BCUT2D eigenvalue weighted by Gasteiger charge is -2.22. The molecule has 0 bridgehead atoms. The van der Waals surface area contributed by atoms with E-state index in [1.807, 2.05) is 0 Å². The van der Waals surface area contributed by atoms with Gasteiger partial charge in [0.05, 0.1) is 6.04 Å². The Balaban J connectivity index is 2.26. The molecule has 84 valence electrons. The predicted molar refractivity (Wildman–Crippen MR) is 59.8 cm³/mol. The van der Waals surface area contributed by atoms with Crippen molar-refractivity contribution >= 4 is 0 Å². The highest BCUT2D eigenvalue weighted by Crippen LogP contribution is 2.26. The second kappa shape index (κ2) is 4.31. The largest absolute Gasteiger partial charge is 0.330 e.